The van der Waals surface area contributed by atoms with Gasteiger partial charge in [0.15, 0.2) is 5.13 Å². The van der Waals surface area contributed by atoms with E-state index in [1.807, 2.05) is 35.4 Å². The number of amides is 3. The van der Waals surface area contributed by atoms with Crippen LogP contribution in [0.15, 0.2) is 29.8 Å². The third kappa shape index (κ3) is 3.12. The van der Waals surface area contributed by atoms with Crippen LogP contribution < -0.4 is 15.1 Å². The lowest BCUT2D eigenvalue weighted by atomic mass is 10.1. The molecule has 1 N–H and O–H groups in total. The molecule has 2 aromatic rings. The van der Waals surface area contributed by atoms with Crippen molar-refractivity contribution in [1.82, 2.24) is 15.2 Å². The zero-order valence-electron chi connectivity index (χ0n) is 14.6. The summed E-state index contributed by atoms with van der Waals surface area (Å²) >= 11 is 1.62. The van der Waals surface area contributed by atoms with Gasteiger partial charge in [-0.25, -0.2) is 9.78 Å². The van der Waals surface area contributed by atoms with Gasteiger partial charge in [0.1, 0.15) is 0 Å². The number of aryl methyl sites for hydroxylation is 1. The Morgan fingerprint density at radius 2 is 2.00 bits per heavy atom. The fourth-order valence-electron chi connectivity index (χ4n) is 3.39. The lowest BCUT2D eigenvalue weighted by molar-refractivity contribution is 0.0746. The van der Waals surface area contributed by atoms with Crippen molar-refractivity contribution >= 4 is 34.1 Å². The average Bonchev–Trinajstić information content (AvgIpc) is 3.34. The molecule has 1 aromatic heterocycles. The van der Waals surface area contributed by atoms with Gasteiger partial charge in [-0.3, -0.25) is 9.69 Å². The highest BCUT2D eigenvalue weighted by Crippen LogP contribution is 2.25. The number of rotatable bonds is 3. The second kappa shape index (κ2) is 6.95. The third-order valence-corrected chi connectivity index (χ3v) is 5.69. The molecule has 3 heterocycles. The summed E-state index contributed by atoms with van der Waals surface area (Å²) in [6, 6.07) is 5.51. The first-order valence-corrected chi connectivity index (χ1v) is 9.61. The Balaban J connectivity index is 1.48. The number of hydrogen-bond acceptors (Lipinski definition) is 5. The summed E-state index contributed by atoms with van der Waals surface area (Å²) < 4.78 is 0. The number of anilines is 2. The van der Waals surface area contributed by atoms with Crippen molar-refractivity contribution in [2.45, 2.75) is 6.92 Å². The maximum absolute atomic E-state index is 12.9. The molecule has 2 aliphatic heterocycles. The number of aromatic nitrogens is 1. The fourth-order valence-corrected chi connectivity index (χ4v) is 4.09. The van der Waals surface area contributed by atoms with Gasteiger partial charge in [0.2, 0.25) is 0 Å². The molecule has 8 heteroatoms. The Labute approximate surface area is 156 Å². The summed E-state index contributed by atoms with van der Waals surface area (Å²) in [4.78, 5) is 35.0. The molecule has 0 radical (unpaired) electrons. The van der Waals surface area contributed by atoms with Crippen molar-refractivity contribution in [3.05, 3.63) is 40.9 Å². The van der Waals surface area contributed by atoms with Crippen LogP contribution in [0.2, 0.25) is 0 Å². The van der Waals surface area contributed by atoms with Crippen LogP contribution in [0.1, 0.15) is 15.9 Å². The maximum atomic E-state index is 12.9. The molecule has 7 nitrogen and oxygen atoms in total. The molecule has 0 spiro atoms. The number of nitrogens with zero attached hydrogens (tertiary/aromatic N) is 4. The largest absolute Gasteiger partial charge is 0.345 e. The Morgan fingerprint density at radius 1 is 1.19 bits per heavy atom. The average molecular weight is 371 g/mol. The Bertz CT molecular complexity index is 815. The van der Waals surface area contributed by atoms with Crippen LogP contribution in [0.5, 0.6) is 0 Å². The van der Waals surface area contributed by atoms with Gasteiger partial charge < -0.3 is 15.1 Å². The van der Waals surface area contributed by atoms with E-state index in [4.69, 9.17) is 0 Å². The molecule has 26 heavy (non-hydrogen) atoms. The molecule has 0 unspecified atom stereocenters. The van der Waals surface area contributed by atoms with E-state index in [0.717, 1.165) is 29.5 Å². The van der Waals surface area contributed by atoms with Crippen LogP contribution in [0.4, 0.5) is 15.6 Å². The van der Waals surface area contributed by atoms with E-state index in [1.165, 1.54) is 0 Å². The van der Waals surface area contributed by atoms with E-state index in [9.17, 15) is 9.59 Å². The van der Waals surface area contributed by atoms with E-state index in [-0.39, 0.29) is 11.9 Å². The van der Waals surface area contributed by atoms with Crippen LogP contribution in [0, 0.1) is 6.92 Å². The topological polar surface area (TPSA) is 68.8 Å². The van der Waals surface area contributed by atoms with Gasteiger partial charge in [-0.05, 0) is 24.6 Å². The number of carbonyl (C=O) groups is 2. The molecule has 1 aromatic carbocycles. The van der Waals surface area contributed by atoms with E-state index in [1.54, 1.807) is 22.4 Å². The predicted octanol–water partition coefficient (Wildman–Crippen LogP) is 1.94. The van der Waals surface area contributed by atoms with Gasteiger partial charge in [-0.2, -0.15) is 0 Å². The van der Waals surface area contributed by atoms with Crippen LogP contribution in [0.3, 0.4) is 0 Å². The molecular weight excluding hydrogens is 350 g/mol. The van der Waals surface area contributed by atoms with Gasteiger partial charge in [-0.1, -0.05) is 6.07 Å². The van der Waals surface area contributed by atoms with Gasteiger partial charge in [0.25, 0.3) is 5.91 Å². The van der Waals surface area contributed by atoms with Crippen LogP contribution in [0.25, 0.3) is 0 Å². The maximum Gasteiger partial charge on any atom is 0.322 e. The zero-order valence-corrected chi connectivity index (χ0v) is 15.5. The van der Waals surface area contributed by atoms with Crippen LogP contribution >= 0.6 is 11.3 Å². The Hall–Kier alpha value is -2.61. The monoisotopic (exact) mass is 371 g/mol. The molecule has 2 aliphatic rings. The minimum atomic E-state index is -0.102. The molecular formula is C18H21N5O2S. The second-order valence-electron chi connectivity index (χ2n) is 6.48. The molecule has 2 saturated heterocycles. The number of urea groups is 1. The molecule has 0 saturated carbocycles. The summed E-state index contributed by atoms with van der Waals surface area (Å²) in [5, 5.41) is 5.78. The molecule has 2 fully saturated rings. The van der Waals surface area contributed by atoms with Crippen molar-refractivity contribution in [1.29, 1.82) is 0 Å². The first-order valence-electron chi connectivity index (χ1n) is 8.73. The first-order chi connectivity index (χ1) is 12.6. The quantitative estimate of drug-likeness (QED) is 0.895. The molecule has 4 rings (SSSR count). The van der Waals surface area contributed by atoms with Crippen LogP contribution in [-0.2, 0) is 0 Å². The van der Waals surface area contributed by atoms with Crippen molar-refractivity contribution in [3.63, 3.8) is 0 Å². The highest BCUT2D eigenvalue weighted by molar-refractivity contribution is 7.13. The molecule has 136 valence electrons. The van der Waals surface area contributed by atoms with E-state index in [0.29, 0.717) is 31.7 Å². The zero-order chi connectivity index (χ0) is 18.1. The normalized spacial score (nSPS) is 17.6. The molecule has 3 amide bonds. The van der Waals surface area contributed by atoms with Gasteiger partial charge in [0.05, 0.1) is 0 Å². The molecule has 0 aliphatic carbocycles. The standard InChI is InChI=1S/C18H21N5O2S/c1-13-2-3-14(12-15(13)23-6-4-19-17(23)25)16(24)21-7-9-22(10-8-21)18-20-5-11-26-18/h2-3,5,11-12H,4,6-10H2,1H3,(H,19,25). The highest BCUT2D eigenvalue weighted by atomic mass is 32.1. The van der Waals surface area contributed by atoms with Crippen molar-refractivity contribution in [2.24, 2.45) is 0 Å². The predicted molar refractivity (Wildman–Crippen MR) is 102 cm³/mol. The lowest BCUT2D eigenvalue weighted by Gasteiger charge is -2.34. The Morgan fingerprint density at radius 3 is 2.65 bits per heavy atom. The molecule has 0 bridgehead atoms. The number of nitrogens with one attached hydrogen (secondary N) is 1. The van der Waals surface area contributed by atoms with Gasteiger partial charge in [0, 0.05) is 62.1 Å². The first kappa shape index (κ1) is 16.8. The summed E-state index contributed by atoms with van der Waals surface area (Å²) in [7, 11) is 0. The van der Waals surface area contributed by atoms with E-state index < -0.39 is 0 Å². The van der Waals surface area contributed by atoms with Crippen LogP contribution in [-0.4, -0.2) is 61.1 Å². The fraction of sp³-hybridized carbons (Fsp3) is 0.389. The number of piperazine rings is 1. The number of thiazole rings is 1. The van der Waals surface area contributed by atoms with Crippen molar-refractivity contribution < 1.29 is 9.59 Å². The summed E-state index contributed by atoms with van der Waals surface area (Å²) in [5.74, 6) is 0.0182. The number of carbonyl (C=O) groups excluding carboxylic acids is 2. The van der Waals surface area contributed by atoms with Crippen molar-refractivity contribution in [3.8, 4) is 0 Å². The number of benzene rings is 1. The highest BCUT2D eigenvalue weighted by Gasteiger charge is 2.26. The lowest BCUT2D eigenvalue weighted by Crippen LogP contribution is -2.48. The van der Waals surface area contributed by atoms with Gasteiger partial charge in [-0.15, -0.1) is 11.3 Å². The SMILES string of the molecule is Cc1ccc(C(=O)N2CCN(c3nccs3)CC2)cc1N1CCNC1=O. The summed E-state index contributed by atoms with van der Waals surface area (Å²) in [5.41, 5.74) is 2.44. The number of hydrogen-bond donors (Lipinski definition) is 1. The van der Waals surface area contributed by atoms with Crippen molar-refractivity contribution in [2.75, 3.05) is 49.1 Å². The minimum absolute atomic E-state index is 0.0182. The van der Waals surface area contributed by atoms with E-state index >= 15 is 0 Å². The minimum Gasteiger partial charge on any atom is -0.345 e. The van der Waals surface area contributed by atoms with Gasteiger partial charge >= 0.3 is 6.03 Å². The molecule has 0 atom stereocenters. The third-order valence-electron chi connectivity index (χ3n) is 4.86. The van der Waals surface area contributed by atoms with E-state index in [2.05, 4.69) is 15.2 Å². The summed E-state index contributed by atoms with van der Waals surface area (Å²) in [6.07, 6.45) is 1.81. The Kier molecular flexibility index (Phi) is 4.50. The second-order valence-corrected chi connectivity index (χ2v) is 7.35. The summed E-state index contributed by atoms with van der Waals surface area (Å²) in [6.45, 7) is 6.14. The smallest absolute Gasteiger partial charge is 0.322 e.